The molecule has 21 heavy (non-hydrogen) atoms. The van der Waals surface area contributed by atoms with Crippen LogP contribution in [0.3, 0.4) is 0 Å². The van der Waals surface area contributed by atoms with Gasteiger partial charge in [-0.1, -0.05) is 15.9 Å². The molecule has 0 atom stereocenters. The highest BCUT2D eigenvalue weighted by atomic mass is 79.9. The Balaban J connectivity index is 1.58. The number of hydrogen-bond donors (Lipinski definition) is 0. The number of halogens is 1. The minimum absolute atomic E-state index is 0.0617. The molecule has 0 radical (unpaired) electrons. The molecule has 3 nitrogen and oxygen atoms in total. The Morgan fingerprint density at radius 1 is 1.29 bits per heavy atom. The van der Waals surface area contributed by atoms with Gasteiger partial charge in [0.25, 0.3) is 5.91 Å². The fraction of sp³-hybridized carbons (Fsp3) is 0.312. The number of ether oxygens (including phenoxy) is 1. The first-order valence-corrected chi connectivity index (χ1v) is 8.65. The first-order chi connectivity index (χ1) is 10.2. The fourth-order valence-electron chi connectivity index (χ4n) is 2.15. The summed E-state index contributed by atoms with van der Waals surface area (Å²) in [5.74, 6) is 0.782. The number of nitrogens with zero attached hydrogens (tertiary/aromatic N) is 1. The Morgan fingerprint density at radius 3 is 2.67 bits per heavy atom. The maximum Gasteiger partial charge on any atom is 0.261 e. The number of thiophene rings is 1. The Hall–Kier alpha value is -1.33. The summed E-state index contributed by atoms with van der Waals surface area (Å²) >= 11 is 5.04. The summed E-state index contributed by atoms with van der Waals surface area (Å²) < 4.78 is 6.59. The van der Waals surface area contributed by atoms with Gasteiger partial charge in [0.1, 0.15) is 5.75 Å². The van der Waals surface area contributed by atoms with Gasteiger partial charge in [0.15, 0.2) is 6.61 Å². The van der Waals surface area contributed by atoms with Gasteiger partial charge in [-0.25, -0.2) is 0 Å². The van der Waals surface area contributed by atoms with Crippen LogP contribution in [0.5, 0.6) is 5.75 Å². The zero-order chi connectivity index (χ0) is 14.7. The number of benzene rings is 1. The molecule has 1 fully saturated rings. The lowest BCUT2D eigenvalue weighted by atomic mass is 10.3. The summed E-state index contributed by atoms with van der Waals surface area (Å²) in [5, 5.41) is 4.14. The van der Waals surface area contributed by atoms with Gasteiger partial charge in [-0.05, 0) is 59.5 Å². The van der Waals surface area contributed by atoms with Crippen LogP contribution in [0, 0.1) is 0 Å². The molecule has 1 aromatic carbocycles. The van der Waals surface area contributed by atoms with E-state index in [1.165, 1.54) is 5.56 Å². The lowest BCUT2D eigenvalue weighted by Gasteiger charge is -2.22. The molecule has 1 heterocycles. The van der Waals surface area contributed by atoms with Crippen molar-refractivity contribution in [3.05, 3.63) is 51.1 Å². The van der Waals surface area contributed by atoms with Crippen molar-refractivity contribution < 1.29 is 9.53 Å². The predicted molar refractivity (Wildman–Crippen MR) is 87.5 cm³/mol. The second kappa shape index (κ2) is 6.62. The average Bonchev–Trinajstić information content (AvgIpc) is 3.20. The minimum atomic E-state index is 0.0617. The highest BCUT2D eigenvalue weighted by Gasteiger charge is 2.32. The highest BCUT2D eigenvalue weighted by molar-refractivity contribution is 9.10. The van der Waals surface area contributed by atoms with Gasteiger partial charge in [-0.3, -0.25) is 4.79 Å². The average molecular weight is 366 g/mol. The maximum atomic E-state index is 12.4. The van der Waals surface area contributed by atoms with Crippen molar-refractivity contribution in [2.75, 3.05) is 6.61 Å². The van der Waals surface area contributed by atoms with Crippen molar-refractivity contribution in [1.29, 1.82) is 0 Å². The maximum absolute atomic E-state index is 12.4. The molecule has 0 aliphatic heterocycles. The van der Waals surface area contributed by atoms with E-state index in [4.69, 9.17) is 4.74 Å². The molecule has 5 heteroatoms. The molecule has 1 saturated carbocycles. The summed E-state index contributed by atoms with van der Waals surface area (Å²) in [7, 11) is 0. The van der Waals surface area contributed by atoms with E-state index in [0.29, 0.717) is 12.6 Å². The predicted octanol–water partition coefficient (Wildman–Crippen LogP) is 4.08. The summed E-state index contributed by atoms with van der Waals surface area (Å²) in [5.41, 5.74) is 1.20. The van der Waals surface area contributed by atoms with E-state index in [9.17, 15) is 4.79 Å². The van der Waals surface area contributed by atoms with E-state index in [1.54, 1.807) is 11.3 Å². The fourth-order valence-corrected chi connectivity index (χ4v) is 3.07. The Labute approximate surface area is 136 Å². The van der Waals surface area contributed by atoms with Crippen LogP contribution in [-0.2, 0) is 11.3 Å². The molecule has 0 saturated heterocycles. The third-order valence-electron chi connectivity index (χ3n) is 3.42. The Kier molecular flexibility index (Phi) is 4.60. The number of carbonyl (C=O) groups excluding carboxylic acids is 1. The molecule has 1 aliphatic carbocycles. The van der Waals surface area contributed by atoms with Crippen molar-refractivity contribution in [2.45, 2.75) is 25.4 Å². The summed E-state index contributed by atoms with van der Waals surface area (Å²) in [6.45, 7) is 0.791. The second-order valence-corrected chi connectivity index (χ2v) is 6.82. The molecule has 110 valence electrons. The Morgan fingerprint density at radius 2 is 2.05 bits per heavy atom. The molecule has 3 rings (SSSR count). The second-order valence-electron chi connectivity index (χ2n) is 5.13. The van der Waals surface area contributed by atoms with Crippen LogP contribution in [-0.4, -0.2) is 23.5 Å². The van der Waals surface area contributed by atoms with Gasteiger partial charge in [0, 0.05) is 17.1 Å². The highest BCUT2D eigenvalue weighted by Crippen LogP contribution is 2.29. The van der Waals surface area contributed by atoms with E-state index in [1.807, 2.05) is 34.5 Å². The van der Waals surface area contributed by atoms with Gasteiger partial charge in [-0.2, -0.15) is 11.3 Å². The topological polar surface area (TPSA) is 29.5 Å². The van der Waals surface area contributed by atoms with Crippen LogP contribution in [0.1, 0.15) is 18.4 Å². The number of amides is 1. The van der Waals surface area contributed by atoms with Crippen LogP contribution in [0.4, 0.5) is 0 Å². The molecule has 0 bridgehead atoms. The van der Waals surface area contributed by atoms with Crippen molar-refractivity contribution in [1.82, 2.24) is 4.90 Å². The zero-order valence-corrected chi connectivity index (χ0v) is 13.9. The molecule has 1 aromatic heterocycles. The minimum Gasteiger partial charge on any atom is -0.484 e. The first-order valence-electron chi connectivity index (χ1n) is 6.91. The standard InChI is InChI=1S/C16H16BrNO2S/c17-13-1-5-15(6-2-13)20-10-16(19)18(14-3-4-14)9-12-7-8-21-11-12/h1-2,5-8,11,14H,3-4,9-10H2. The summed E-state index contributed by atoms with van der Waals surface area (Å²) in [6, 6.07) is 10.00. The number of hydrogen-bond acceptors (Lipinski definition) is 3. The number of rotatable bonds is 6. The van der Waals surface area contributed by atoms with E-state index >= 15 is 0 Å². The molecule has 0 spiro atoms. The molecule has 2 aromatic rings. The Bertz CT molecular complexity index is 593. The smallest absolute Gasteiger partial charge is 0.261 e. The van der Waals surface area contributed by atoms with E-state index in [0.717, 1.165) is 23.1 Å². The van der Waals surface area contributed by atoms with Crippen molar-refractivity contribution in [3.8, 4) is 5.75 Å². The quantitative estimate of drug-likeness (QED) is 0.771. The number of carbonyl (C=O) groups is 1. The monoisotopic (exact) mass is 365 g/mol. The molecule has 1 amide bonds. The van der Waals surface area contributed by atoms with Crippen molar-refractivity contribution in [2.24, 2.45) is 0 Å². The molecular formula is C16H16BrNO2S. The van der Waals surface area contributed by atoms with E-state index in [-0.39, 0.29) is 12.5 Å². The van der Waals surface area contributed by atoms with Crippen molar-refractivity contribution >= 4 is 33.2 Å². The molecular weight excluding hydrogens is 350 g/mol. The van der Waals surface area contributed by atoms with Gasteiger partial charge in [0.05, 0.1) is 0 Å². The lowest BCUT2D eigenvalue weighted by molar-refractivity contribution is -0.134. The van der Waals surface area contributed by atoms with Crippen molar-refractivity contribution in [3.63, 3.8) is 0 Å². The normalized spacial score (nSPS) is 14.0. The van der Waals surface area contributed by atoms with Gasteiger partial charge in [0.2, 0.25) is 0 Å². The van der Waals surface area contributed by atoms with E-state index < -0.39 is 0 Å². The molecule has 0 N–H and O–H groups in total. The van der Waals surface area contributed by atoms with Gasteiger partial charge in [-0.15, -0.1) is 0 Å². The van der Waals surface area contributed by atoms with Crippen LogP contribution in [0.2, 0.25) is 0 Å². The van der Waals surface area contributed by atoms with Crippen LogP contribution >= 0.6 is 27.3 Å². The van der Waals surface area contributed by atoms with Gasteiger partial charge >= 0.3 is 0 Å². The molecule has 1 aliphatic rings. The SMILES string of the molecule is O=C(COc1ccc(Br)cc1)N(Cc1ccsc1)C1CC1. The summed E-state index contributed by atoms with van der Waals surface area (Å²) in [4.78, 5) is 14.3. The molecule has 0 unspecified atom stereocenters. The van der Waals surface area contributed by atoms with Crippen LogP contribution < -0.4 is 4.74 Å². The largest absolute Gasteiger partial charge is 0.484 e. The van der Waals surface area contributed by atoms with Crippen LogP contribution in [0.15, 0.2) is 45.6 Å². The van der Waals surface area contributed by atoms with Gasteiger partial charge < -0.3 is 9.64 Å². The zero-order valence-electron chi connectivity index (χ0n) is 11.5. The third kappa shape index (κ3) is 4.08. The van der Waals surface area contributed by atoms with E-state index in [2.05, 4.69) is 27.4 Å². The third-order valence-corrected chi connectivity index (χ3v) is 4.68. The first kappa shape index (κ1) is 14.6. The lowest BCUT2D eigenvalue weighted by Crippen LogP contribution is -2.36. The summed E-state index contributed by atoms with van der Waals surface area (Å²) in [6.07, 6.45) is 2.21. The van der Waals surface area contributed by atoms with Crippen LogP contribution in [0.25, 0.3) is 0 Å².